The molecule has 2 aromatic heterocycles. The van der Waals surface area contributed by atoms with Crippen LogP contribution < -0.4 is 10.2 Å². The Morgan fingerprint density at radius 2 is 1.78 bits per heavy atom. The summed E-state index contributed by atoms with van der Waals surface area (Å²) in [6, 6.07) is 5.97. The lowest BCUT2D eigenvalue weighted by molar-refractivity contribution is -0.109. The van der Waals surface area contributed by atoms with Gasteiger partial charge < -0.3 is 10.2 Å². The van der Waals surface area contributed by atoms with E-state index >= 15 is 0 Å². The average Bonchev–Trinajstić information content (AvgIpc) is 3.37. The molecule has 1 saturated heterocycles. The Bertz CT molecular complexity index is 1620. The van der Waals surface area contributed by atoms with Crippen LogP contribution in [0.15, 0.2) is 77.1 Å². The number of nitrogens with zero attached hydrogens (tertiary/aromatic N) is 6. The standard InChI is InChI=1S/C19H22N6O2S2.C11H13F2NO.C2H6/c26-29(27,18(28)11-15-5-3-1-2-4-6-15)25-9-7-24(8-10-25)17-13-21-16-12-20-14-22-19(16)23-17;1-2-11(12,13)10-5-3-9(4-6-10)7-14-8-15;1-2/h3,5-6,11-14,28H,1-2,4,7-10H2;3-6,8H,2,7H2,1H3,(H,14,15);1-2H3/b18-11+;;. The van der Waals surface area contributed by atoms with Crippen LogP contribution in [0.3, 0.4) is 0 Å². The van der Waals surface area contributed by atoms with Crippen molar-refractivity contribution in [3.05, 3.63) is 88.2 Å². The summed E-state index contributed by atoms with van der Waals surface area (Å²) in [6.07, 6.45) is 15.8. The minimum atomic E-state index is -3.61. The van der Waals surface area contributed by atoms with Gasteiger partial charge in [-0.1, -0.05) is 63.3 Å². The molecule has 248 valence electrons. The van der Waals surface area contributed by atoms with Crippen molar-refractivity contribution in [1.82, 2.24) is 29.6 Å². The van der Waals surface area contributed by atoms with Crippen molar-refractivity contribution in [2.24, 2.45) is 0 Å². The zero-order chi connectivity index (χ0) is 33.6. The molecule has 14 heteroatoms. The van der Waals surface area contributed by atoms with Crippen molar-refractivity contribution in [2.45, 2.75) is 58.9 Å². The van der Waals surface area contributed by atoms with Crippen LogP contribution in [0.4, 0.5) is 14.6 Å². The molecule has 1 N–H and O–H groups in total. The van der Waals surface area contributed by atoms with Gasteiger partial charge in [0.2, 0.25) is 16.4 Å². The molecule has 3 heterocycles. The molecule has 0 spiro atoms. The number of aromatic nitrogens is 4. The van der Waals surface area contributed by atoms with Gasteiger partial charge in [0.15, 0.2) is 5.65 Å². The first kappa shape index (κ1) is 36.7. The quantitative estimate of drug-likeness (QED) is 0.217. The smallest absolute Gasteiger partial charge is 0.273 e. The van der Waals surface area contributed by atoms with E-state index in [0.29, 0.717) is 56.1 Å². The molecule has 1 aromatic carbocycles. The molecule has 3 aromatic rings. The molecule has 2 aliphatic rings. The van der Waals surface area contributed by atoms with Crippen LogP contribution in [0.1, 0.15) is 57.6 Å². The summed E-state index contributed by atoms with van der Waals surface area (Å²) in [6.45, 7) is 7.57. The van der Waals surface area contributed by atoms with E-state index in [1.54, 1.807) is 30.6 Å². The Balaban J connectivity index is 0.000000287. The summed E-state index contributed by atoms with van der Waals surface area (Å²) in [5.74, 6) is -2.08. The van der Waals surface area contributed by atoms with Crippen molar-refractivity contribution in [2.75, 3.05) is 31.1 Å². The van der Waals surface area contributed by atoms with Gasteiger partial charge in [-0.25, -0.2) is 37.1 Å². The molecule has 0 radical (unpaired) electrons. The van der Waals surface area contributed by atoms with Gasteiger partial charge in [0.05, 0.1) is 12.4 Å². The number of rotatable bonds is 9. The summed E-state index contributed by atoms with van der Waals surface area (Å²) in [5, 5.41) is 2.47. The predicted octanol–water partition coefficient (Wildman–Crippen LogP) is 5.77. The minimum Gasteiger partial charge on any atom is -0.355 e. The van der Waals surface area contributed by atoms with Crippen LogP contribution in [0.5, 0.6) is 0 Å². The number of hydrogen-bond acceptors (Lipinski definition) is 9. The van der Waals surface area contributed by atoms with E-state index in [-0.39, 0.29) is 16.2 Å². The fraction of sp³-hybridized carbons (Fsp3) is 0.406. The van der Waals surface area contributed by atoms with Gasteiger partial charge in [0, 0.05) is 44.7 Å². The maximum absolute atomic E-state index is 13.2. The zero-order valence-corrected chi connectivity index (χ0v) is 28.0. The molecule has 0 bridgehead atoms. The van der Waals surface area contributed by atoms with Crippen LogP contribution in [-0.2, 0) is 27.3 Å². The fourth-order valence-corrected chi connectivity index (χ4v) is 6.23. The van der Waals surface area contributed by atoms with E-state index in [1.807, 2.05) is 24.8 Å². The van der Waals surface area contributed by atoms with E-state index in [9.17, 15) is 22.0 Å². The van der Waals surface area contributed by atoms with Gasteiger partial charge in [0.1, 0.15) is 21.9 Å². The Hall–Kier alpha value is -3.75. The predicted molar refractivity (Wildman–Crippen MR) is 181 cm³/mol. The number of carbonyl (C=O) groups excluding carboxylic acids is 1. The topological polar surface area (TPSA) is 121 Å². The number of benzene rings is 1. The Labute approximate surface area is 275 Å². The number of alkyl halides is 2. The van der Waals surface area contributed by atoms with E-state index in [1.165, 1.54) is 29.7 Å². The van der Waals surface area contributed by atoms with Gasteiger partial charge in [-0.3, -0.25) is 4.79 Å². The molecule has 1 aliphatic heterocycles. The molecule has 0 saturated carbocycles. The number of fused-ring (bicyclic) bond motifs is 1. The molecule has 46 heavy (non-hydrogen) atoms. The number of nitrogens with one attached hydrogen (secondary N) is 1. The number of piperazine rings is 1. The molecule has 1 amide bonds. The number of amides is 1. The third kappa shape index (κ3) is 10.1. The number of halogens is 2. The van der Waals surface area contributed by atoms with Crippen LogP contribution in [-0.4, -0.2) is 65.2 Å². The van der Waals surface area contributed by atoms with Gasteiger partial charge >= 0.3 is 0 Å². The van der Waals surface area contributed by atoms with E-state index in [4.69, 9.17) is 0 Å². The third-order valence-corrected chi connectivity index (χ3v) is 9.66. The number of sulfonamides is 1. The van der Waals surface area contributed by atoms with Crippen LogP contribution >= 0.6 is 12.6 Å². The lowest BCUT2D eigenvalue weighted by atomic mass is 10.0. The highest BCUT2D eigenvalue weighted by Crippen LogP contribution is 2.31. The first-order chi connectivity index (χ1) is 22.1. The molecule has 0 atom stereocenters. The molecule has 10 nitrogen and oxygen atoms in total. The SMILES string of the molecule is CC.CCC(F)(F)c1ccc(CNC=O)cc1.O=S(=O)(/C(S)=C/C1=CCCCC=C1)N1CCN(c2cnc3cncnc3n2)CC1. The summed E-state index contributed by atoms with van der Waals surface area (Å²) in [4.78, 5) is 28.9. The Morgan fingerprint density at radius 1 is 1.07 bits per heavy atom. The molecule has 1 fully saturated rings. The van der Waals surface area contributed by atoms with Crippen molar-refractivity contribution < 1.29 is 22.0 Å². The monoisotopic (exact) mass is 673 g/mol. The second kappa shape index (κ2) is 17.8. The van der Waals surface area contributed by atoms with Crippen LogP contribution in [0.25, 0.3) is 11.2 Å². The van der Waals surface area contributed by atoms with E-state index < -0.39 is 15.9 Å². The largest absolute Gasteiger partial charge is 0.355 e. The average molecular weight is 674 g/mol. The van der Waals surface area contributed by atoms with E-state index in [2.05, 4.69) is 50.0 Å². The second-order valence-corrected chi connectivity index (χ2v) is 12.8. The number of hydrogen-bond donors (Lipinski definition) is 2. The van der Waals surface area contributed by atoms with Crippen LogP contribution in [0, 0.1) is 0 Å². The maximum atomic E-state index is 13.2. The minimum absolute atomic E-state index is 0.0138. The van der Waals surface area contributed by atoms with E-state index in [0.717, 1.165) is 30.4 Å². The van der Waals surface area contributed by atoms with Crippen molar-refractivity contribution in [3.8, 4) is 0 Å². The van der Waals surface area contributed by atoms with Gasteiger partial charge in [0.25, 0.3) is 5.92 Å². The number of anilines is 1. The molecular formula is C32H41F2N7O3S2. The van der Waals surface area contributed by atoms with Gasteiger partial charge in [-0.05, 0) is 36.5 Å². The normalized spacial score (nSPS) is 15.9. The highest BCUT2D eigenvalue weighted by Gasteiger charge is 2.30. The number of thiol groups is 1. The van der Waals surface area contributed by atoms with Crippen molar-refractivity contribution >= 4 is 46.0 Å². The second-order valence-electron chi connectivity index (χ2n) is 10.1. The van der Waals surface area contributed by atoms with Crippen LogP contribution in [0.2, 0.25) is 0 Å². The van der Waals surface area contributed by atoms with Crippen molar-refractivity contribution in [3.63, 3.8) is 0 Å². The summed E-state index contributed by atoms with van der Waals surface area (Å²) in [5.41, 5.74) is 2.86. The molecule has 5 rings (SSSR count). The first-order valence-corrected chi connectivity index (χ1v) is 17.1. The molecule has 0 unspecified atom stereocenters. The number of allylic oxidation sites excluding steroid dienone is 5. The summed E-state index contributed by atoms with van der Waals surface area (Å²) in [7, 11) is -3.61. The van der Waals surface area contributed by atoms with Gasteiger partial charge in [-0.15, -0.1) is 12.6 Å². The Kier molecular flexibility index (Phi) is 14.2. The van der Waals surface area contributed by atoms with Gasteiger partial charge in [-0.2, -0.15) is 4.31 Å². The highest BCUT2D eigenvalue weighted by atomic mass is 32.3. The summed E-state index contributed by atoms with van der Waals surface area (Å²) < 4.78 is 53.8. The maximum Gasteiger partial charge on any atom is 0.273 e. The first-order valence-electron chi connectivity index (χ1n) is 15.2. The zero-order valence-electron chi connectivity index (χ0n) is 26.3. The fourth-order valence-electron chi connectivity index (χ4n) is 4.55. The third-order valence-electron chi connectivity index (χ3n) is 7.14. The molecular weight excluding hydrogens is 633 g/mol. The number of carbonyl (C=O) groups is 1. The molecule has 1 aliphatic carbocycles. The van der Waals surface area contributed by atoms with Crippen molar-refractivity contribution in [1.29, 1.82) is 0 Å². The Morgan fingerprint density at radius 3 is 2.46 bits per heavy atom. The lowest BCUT2D eigenvalue weighted by Gasteiger charge is -2.34. The summed E-state index contributed by atoms with van der Waals surface area (Å²) >= 11 is 4.31. The lowest BCUT2D eigenvalue weighted by Crippen LogP contribution is -2.49. The highest BCUT2D eigenvalue weighted by molar-refractivity contribution is 8.09.